The van der Waals surface area contributed by atoms with E-state index >= 15 is 0 Å². The summed E-state index contributed by atoms with van der Waals surface area (Å²) in [6.45, 7) is 2.08. The summed E-state index contributed by atoms with van der Waals surface area (Å²) in [6, 6.07) is 5.26. The van der Waals surface area contributed by atoms with Crippen molar-refractivity contribution in [2.75, 3.05) is 6.61 Å². The van der Waals surface area contributed by atoms with Crippen molar-refractivity contribution in [3.63, 3.8) is 0 Å². The Kier molecular flexibility index (Phi) is 2.62. The molecule has 1 aromatic carbocycles. The van der Waals surface area contributed by atoms with Crippen LogP contribution in [0.3, 0.4) is 0 Å². The maximum Gasteiger partial charge on any atom is 0.341 e. The van der Waals surface area contributed by atoms with Crippen molar-refractivity contribution in [3.05, 3.63) is 29.3 Å². The molecule has 1 aliphatic carbocycles. The topological polar surface area (TPSA) is 46.5 Å². The number of esters is 1. The predicted octanol–water partition coefficient (Wildman–Crippen LogP) is 2.45. The predicted molar refractivity (Wildman–Crippen MR) is 56.0 cm³/mol. The fourth-order valence-electron chi connectivity index (χ4n) is 1.66. The van der Waals surface area contributed by atoms with Gasteiger partial charge >= 0.3 is 5.97 Å². The Bertz CT molecular complexity index is 380. The van der Waals surface area contributed by atoms with Crippen LogP contribution in [0.5, 0.6) is 5.75 Å². The smallest absolute Gasteiger partial charge is 0.341 e. The molecule has 0 radical (unpaired) electrons. The Hall–Kier alpha value is -1.51. The summed E-state index contributed by atoms with van der Waals surface area (Å²) in [5.74, 6) is 0.0790. The van der Waals surface area contributed by atoms with Crippen LogP contribution >= 0.6 is 0 Å². The van der Waals surface area contributed by atoms with E-state index in [9.17, 15) is 9.90 Å². The van der Waals surface area contributed by atoms with Gasteiger partial charge in [0.15, 0.2) is 0 Å². The number of carbonyl (C=O) groups is 1. The third-order valence-electron chi connectivity index (χ3n) is 2.58. The van der Waals surface area contributed by atoms with E-state index in [0.29, 0.717) is 12.5 Å². The van der Waals surface area contributed by atoms with E-state index in [-0.39, 0.29) is 11.3 Å². The largest absolute Gasteiger partial charge is 0.507 e. The Balaban J connectivity index is 2.30. The van der Waals surface area contributed by atoms with Crippen molar-refractivity contribution < 1.29 is 14.6 Å². The van der Waals surface area contributed by atoms with Crippen molar-refractivity contribution in [2.24, 2.45) is 0 Å². The second-order valence-electron chi connectivity index (χ2n) is 3.74. The molecule has 0 aromatic heterocycles. The number of aromatic hydroxyl groups is 1. The quantitative estimate of drug-likeness (QED) is 0.772. The Morgan fingerprint density at radius 3 is 2.87 bits per heavy atom. The molecule has 15 heavy (non-hydrogen) atoms. The van der Waals surface area contributed by atoms with Crippen LogP contribution in [0.4, 0.5) is 0 Å². The fourth-order valence-corrected chi connectivity index (χ4v) is 1.66. The van der Waals surface area contributed by atoms with Crippen molar-refractivity contribution in [1.29, 1.82) is 0 Å². The first-order valence-corrected chi connectivity index (χ1v) is 5.23. The molecule has 0 saturated heterocycles. The minimum Gasteiger partial charge on any atom is -0.507 e. The molecule has 0 amide bonds. The highest BCUT2D eigenvalue weighted by molar-refractivity contribution is 5.93. The normalized spacial score (nSPS) is 15.0. The van der Waals surface area contributed by atoms with Crippen molar-refractivity contribution in [1.82, 2.24) is 0 Å². The molecule has 3 heteroatoms. The van der Waals surface area contributed by atoms with E-state index in [2.05, 4.69) is 0 Å². The van der Waals surface area contributed by atoms with Gasteiger partial charge in [0.1, 0.15) is 11.3 Å². The van der Waals surface area contributed by atoms with Crippen molar-refractivity contribution in [3.8, 4) is 5.75 Å². The van der Waals surface area contributed by atoms with Crippen LogP contribution in [0.1, 0.15) is 41.6 Å². The van der Waals surface area contributed by atoms with Gasteiger partial charge in [-0.25, -0.2) is 4.79 Å². The third kappa shape index (κ3) is 1.96. The van der Waals surface area contributed by atoms with Gasteiger partial charge in [-0.15, -0.1) is 0 Å². The van der Waals surface area contributed by atoms with Crippen molar-refractivity contribution in [2.45, 2.75) is 25.7 Å². The molecule has 2 rings (SSSR count). The highest BCUT2D eigenvalue weighted by Gasteiger charge is 2.28. The monoisotopic (exact) mass is 206 g/mol. The highest BCUT2D eigenvalue weighted by Crippen LogP contribution is 2.44. The molecule has 1 aliphatic rings. The Labute approximate surface area is 88.7 Å². The standard InChI is InChI=1S/C12H14O3/c1-2-15-12(14)10-5-3-4-9(11(10)13)8-6-7-8/h3-5,8,13H,2,6-7H2,1H3. The number of ether oxygens (including phenoxy) is 1. The minimum atomic E-state index is -0.447. The molecule has 0 aliphatic heterocycles. The van der Waals surface area contributed by atoms with Crippen LogP contribution in [-0.2, 0) is 4.74 Å². The molecule has 0 unspecified atom stereocenters. The maximum absolute atomic E-state index is 11.5. The van der Waals surface area contributed by atoms with Gasteiger partial charge in [-0.05, 0) is 37.3 Å². The van der Waals surface area contributed by atoms with Gasteiger partial charge in [0.05, 0.1) is 6.61 Å². The zero-order valence-electron chi connectivity index (χ0n) is 8.69. The molecule has 1 N–H and O–H groups in total. The lowest BCUT2D eigenvalue weighted by molar-refractivity contribution is 0.0523. The van der Waals surface area contributed by atoms with E-state index in [1.807, 2.05) is 6.07 Å². The summed E-state index contributed by atoms with van der Waals surface area (Å²) in [5, 5.41) is 9.90. The molecule has 1 saturated carbocycles. The van der Waals surface area contributed by atoms with E-state index in [0.717, 1.165) is 18.4 Å². The molecule has 3 nitrogen and oxygen atoms in total. The molecule has 80 valence electrons. The van der Waals surface area contributed by atoms with Gasteiger partial charge in [-0.1, -0.05) is 12.1 Å². The van der Waals surface area contributed by atoms with E-state index in [1.165, 1.54) is 0 Å². The van der Waals surface area contributed by atoms with Crippen molar-refractivity contribution >= 4 is 5.97 Å². The second kappa shape index (κ2) is 3.93. The first-order chi connectivity index (χ1) is 7.24. The molecule has 0 heterocycles. The molecule has 1 fully saturated rings. The number of phenols is 1. The van der Waals surface area contributed by atoms with E-state index in [4.69, 9.17) is 4.74 Å². The lowest BCUT2D eigenvalue weighted by Gasteiger charge is -2.07. The first-order valence-electron chi connectivity index (χ1n) is 5.23. The number of benzene rings is 1. The molecule has 0 bridgehead atoms. The number of hydrogen-bond acceptors (Lipinski definition) is 3. The summed E-state index contributed by atoms with van der Waals surface area (Å²) in [7, 11) is 0. The summed E-state index contributed by atoms with van der Waals surface area (Å²) >= 11 is 0. The van der Waals surface area contributed by atoms with E-state index in [1.54, 1.807) is 19.1 Å². The highest BCUT2D eigenvalue weighted by atomic mass is 16.5. The van der Waals surface area contributed by atoms with Crippen LogP contribution in [0, 0.1) is 0 Å². The van der Waals surface area contributed by atoms with Crippen LogP contribution in [0.2, 0.25) is 0 Å². The summed E-state index contributed by atoms with van der Waals surface area (Å²) in [4.78, 5) is 11.5. The van der Waals surface area contributed by atoms with Crippen LogP contribution < -0.4 is 0 Å². The van der Waals surface area contributed by atoms with Crippen LogP contribution in [0.25, 0.3) is 0 Å². The van der Waals surface area contributed by atoms with Crippen LogP contribution in [0.15, 0.2) is 18.2 Å². The Morgan fingerprint density at radius 2 is 2.27 bits per heavy atom. The van der Waals surface area contributed by atoms with Gasteiger partial charge in [0.25, 0.3) is 0 Å². The van der Waals surface area contributed by atoms with Gasteiger partial charge in [-0.2, -0.15) is 0 Å². The van der Waals surface area contributed by atoms with Gasteiger partial charge in [0, 0.05) is 0 Å². The number of para-hydroxylation sites is 1. The van der Waals surface area contributed by atoms with Gasteiger partial charge in [0.2, 0.25) is 0 Å². The fraction of sp³-hybridized carbons (Fsp3) is 0.417. The Morgan fingerprint density at radius 1 is 1.53 bits per heavy atom. The molecule has 0 atom stereocenters. The number of phenolic OH excluding ortho intramolecular Hbond substituents is 1. The summed E-state index contributed by atoms with van der Waals surface area (Å²) in [5.41, 5.74) is 1.15. The average Bonchev–Trinajstić information content (AvgIpc) is 3.02. The molecule has 1 aromatic rings. The van der Waals surface area contributed by atoms with Crippen LogP contribution in [-0.4, -0.2) is 17.7 Å². The summed E-state index contributed by atoms with van der Waals surface area (Å²) < 4.78 is 4.86. The lowest BCUT2D eigenvalue weighted by Crippen LogP contribution is -2.05. The minimum absolute atomic E-state index is 0.0958. The lowest BCUT2D eigenvalue weighted by atomic mass is 10.1. The zero-order valence-corrected chi connectivity index (χ0v) is 8.69. The average molecular weight is 206 g/mol. The molecule has 0 spiro atoms. The zero-order chi connectivity index (χ0) is 10.8. The number of hydrogen-bond donors (Lipinski definition) is 1. The SMILES string of the molecule is CCOC(=O)c1cccc(C2CC2)c1O. The third-order valence-corrected chi connectivity index (χ3v) is 2.58. The van der Waals surface area contributed by atoms with Gasteiger partial charge < -0.3 is 9.84 Å². The summed E-state index contributed by atoms with van der Waals surface area (Å²) in [6.07, 6.45) is 2.19. The maximum atomic E-state index is 11.5. The van der Waals surface area contributed by atoms with E-state index < -0.39 is 5.97 Å². The number of carbonyl (C=O) groups excluding carboxylic acids is 1. The van der Waals surface area contributed by atoms with Gasteiger partial charge in [-0.3, -0.25) is 0 Å². The number of rotatable bonds is 3. The second-order valence-corrected chi connectivity index (χ2v) is 3.74. The molecular weight excluding hydrogens is 192 g/mol. The first kappa shape index (κ1) is 10.0. The molecular formula is C12H14O3.